The van der Waals surface area contributed by atoms with Gasteiger partial charge in [0.25, 0.3) is 0 Å². The van der Waals surface area contributed by atoms with Crippen molar-refractivity contribution in [3.05, 3.63) is 59.7 Å². The van der Waals surface area contributed by atoms with Crippen molar-refractivity contribution < 1.29 is 19.2 Å². The number of hydrogen-bond acceptors (Lipinski definition) is 4. The molecular formula is C26H52O4Si4. The van der Waals surface area contributed by atoms with Gasteiger partial charge >= 0.3 is 17.1 Å². The van der Waals surface area contributed by atoms with Gasteiger partial charge in [-0.2, -0.15) is 0 Å². The number of benzene rings is 2. The molecule has 0 aliphatic rings. The lowest BCUT2D eigenvalue weighted by Gasteiger charge is -2.16. The van der Waals surface area contributed by atoms with Crippen molar-refractivity contribution in [1.29, 1.82) is 0 Å². The number of rotatable bonds is 4. The molecule has 0 atom stereocenters. The Balaban J connectivity index is 0. The zero-order valence-electron chi connectivity index (χ0n) is 23.8. The van der Waals surface area contributed by atoms with Gasteiger partial charge in [0.05, 0.1) is 8.07 Å². The third kappa shape index (κ3) is 20.5. The van der Waals surface area contributed by atoms with E-state index in [1.165, 1.54) is 24.7 Å². The van der Waals surface area contributed by atoms with Crippen LogP contribution in [0.4, 0.5) is 0 Å². The van der Waals surface area contributed by atoms with Crippen molar-refractivity contribution in [2.75, 3.05) is 0 Å². The number of aryl methyl sites for hydroxylation is 2. The summed E-state index contributed by atoms with van der Waals surface area (Å²) in [6.45, 7) is 25.4. The second kappa shape index (κ2) is 15.3. The maximum Gasteiger partial charge on any atom is 0.363 e. The highest BCUT2D eigenvalue weighted by Gasteiger charge is 2.23. The molecule has 0 saturated carbocycles. The van der Waals surface area contributed by atoms with E-state index in [0.717, 1.165) is 5.56 Å². The minimum Gasteiger partial charge on any atom is -0.411 e. The highest BCUT2D eigenvalue weighted by molar-refractivity contribution is 6.88. The Hall–Kier alpha value is -0.852. The third-order valence-electron chi connectivity index (χ3n) is 5.25. The molecule has 0 radical (unpaired) electrons. The van der Waals surface area contributed by atoms with Gasteiger partial charge in [-0.05, 0) is 38.2 Å². The lowest BCUT2D eigenvalue weighted by molar-refractivity contribution is 0.372. The number of hydrogen-bond donors (Lipinski definition) is 4. The molecule has 0 aromatic heterocycles. The average Bonchev–Trinajstić information content (AvgIpc) is 2.67. The molecule has 0 heterocycles. The third-order valence-corrected chi connectivity index (χ3v) is 12.2. The lowest BCUT2D eigenvalue weighted by Crippen LogP contribution is -2.44. The standard InChI is InChI=1S/C10H16Si.C8H12O2Si.C5H14Si.C3H10O2Si/c1-9-5-7-10(8-6-9)11(2,3)4;1-7-3-5-8(6-4-7)11(2,9)10;1-5-6(2,3)4;1-3-6(2,4)5/h5-8H,1-4H3;3-6,9-10H,1-2H3;5H2,1-4H3;4-5H,3H2,1-2H3. The highest BCUT2D eigenvalue weighted by atomic mass is 28.4. The molecule has 2 aromatic rings. The summed E-state index contributed by atoms with van der Waals surface area (Å²) in [4.78, 5) is 35.6. The first-order chi connectivity index (χ1) is 15.1. The second-order valence-electron chi connectivity index (χ2n) is 11.5. The lowest BCUT2D eigenvalue weighted by atomic mass is 10.2. The SMILES string of the molecule is CC[Si](C)(C)C.CC[Si](C)(O)O.Cc1ccc([Si](C)(C)C)cc1.Cc1ccc([Si](C)(O)O)cc1. The van der Waals surface area contributed by atoms with E-state index < -0.39 is 33.3 Å². The smallest absolute Gasteiger partial charge is 0.363 e. The van der Waals surface area contributed by atoms with Gasteiger partial charge in [0.1, 0.15) is 0 Å². The van der Waals surface area contributed by atoms with Gasteiger partial charge in [-0.3, -0.25) is 0 Å². The molecule has 0 aliphatic heterocycles. The van der Waals surface area contributed by atoms with Crippen molar-refractivity contribution >= 4 is 43.6 Å². The van der Waals surface area contributed by atoms with Crippen LogP contribution < -0.4 is 10.4 Å². The molecule has 0 bridgehead atoms. The molecule has 8 heteroatoms. The predicted octanol–water partition coefficient (Wildman–Crippen LogP) is 5.21. The molecular weight excluding hydrogens is 489 g/mol. The summed E-state index contributed by atoms with van der Waals surface area (Å²) in [6, 6.07) is 18.2. The fraction of sp³-hybridized carbons (Fsp3) is 0.538. The Labute approximate surface area is 214 Å². The highest BCUT2D eigenvalue weighted by Crippen LogP contribution is 2.05. The van der Waals surface area contributed by atoms with Crippen LogP contribution in [0.5, 0.6) is 0 Å². The van der Waals surface area contributed by atoms with E-state index in [1.807, 2.05) is 19.1 Å². The zero-order valence-corrected chi connectivity index (χ0v) is 27.8. The molecule has 0 spiro atoms. The molecule has 4 nitrogen and oxygen atoms in total. The van der Waals surface area contributed by atoms with Crippen LogP contribution >= 0.6 is 0 Å². The summed E-state index contributed by atoms with van der Waals surface area (Å²) in [5.74, 6) is 0. The van der Waals surface area contributed by atoms with E-state index in [2.05, 4.69) is 77.4 Å². The Kier molecular flexibility index (Phi) is 15.9. The summed E-state index contributed by atoms with van der Waals surface area (Å²) >= 11 is 0. The molecule has 0 saturated heterocycles. The van der Waals surface area contributed by atoms with E-state index >= 15 is 0 Å². The summed E-state index contributed by atoms with van der Waals surface area (Å²) in [5, 5.41) is 2.20. The summed E-state index contributed by atoms with van der Waals surface area (Å²) in [7, 11) is -7.37. The largest absolute Gasteiger partial charge is 0.411 e. The van der Waals surface area contributed by atoms with Crippen LogP contribution in [0.1, 0.15) is 25.0 Å². The van der Waals surface area contributed by atoms with Gasteiger partial charge in [0.15, 0.2) is 0 Å². The Morgan fingerprint density at radius 3 is 0.971 bits per heavy atom. The van der Waals surface area contributed by atoms with Crippen molar-refractivity contribution in [2.24, 2.45) is 0 Å². The minimum absolute atomic E-state index is 0.521. The van der Waals surface area contributed by atoms with E-state index in [4.69, 9.17) is 9.59 Å². The molecule has 2 rings (SSSR count). The first-order valence-electron chi connectivity index (χ1n) is 12.2. The van der Waals surface area contributed by atoms with Crippen molar-refractivity contribution in [3.8, 4) is 0 Å². The first-order valence-corrected chi connectivity index (χ1v) is 24.4. The maximum atomic E-state index is 9.27. The van der Waals surface area contributed by atoms with E-state index in [1.54, 1.807) is 24.2 Å². The molecule has 0 fully saturated rings. The molecule has 0 aliphatic carbocycles. The van der Waals surface area contributed by atoms with Crippen LogP contribution in [-0.2, 0) is 0 Å². The molecule has 196 valence electrons. The molecule has 0 unspecified atom stereocenters. The fourth-order valence-corrected chi connectivity index (χ4v) is 3.89. The first kappa shape index (κ1) is 35.3. The van der Waals surface area contributed by atoms with Crippen molar-refractivity contribution in [2.45, 2.75) is 92.2 Å². The Morgan fingerprint density at radius 1 is 0.529 bits per heavy atom. The molecule has 34 heavy (non-hydrogen) atoms. The Morgan fingerprint density at radius 2 is 0.794 bits per heavy atom. The maximum absolute atomic E-state index is 9.27. The average molecular weight is 541 g/mol. The van der Waals surface area contributed by atoms with E-state index in [0.29, 0.717) is 11.2 Å². The summed E-state index contributed by atoms with van der Waals surface area (Å²) in [6.07, 6.45) is 0. The zero-order chi connectivity index (χ0) is 27.4. The minimum atomic E-state index is -3.06. The van der Waals surface area contributed by atoms with Gasteiger partial charge < -0.3 is 19.2 Å². The van der Waals surface area contributed by atoms with Gasteiger partial charge in [-0.15, -0.1) is 0 Å². The molecule has 4 N–H and O–H groups in total. The van der Waals surface area contributed by atoms with Crippen molar-refractivity contribution in [3.63, 3.8) is 0 Å². The van der Waals surface area contributed by atoms with Crippen LogP contribution in [0.3, 0.4) is 0 Å². The van der Waals surface area contributed by atoms with E-state index in [9.17, 15) is 9.59 Å². The fourth-order valence-electron chi connectivity index (χ4n) is 1.92. The van der Waals surface area contributed by atoms with Crippen molar-refractivity contribution in [1.82, 2.24) is 0 Å². The Bertz CT molecular complexity index is 711. The predicted molar refractivity (Wildman–Crippen MR) is 161 cm³/mol. The van der Waals surface area contributed by atoms with Crippen LogP contribution in [0.15, 0.2) is 48.5 Å². The van der Waals surface area contributed by atoms with Gasteiger partial charge in [0, 0.05) is 8.07 Å². The quantitative estimate of drug-likeness (QED) is 0.402. The summed E-state index contributed by atoms with van der Waals surface area (Å²) < 4.78 is 0. The van der Waals surface area contributed by atoms with E-state index in [-0.39, 0.29) is 0 Å². The monoisotopic (exact) mass is 540 g/mol. The van der Waals surface area contributed by atoms with Gasteiger partial charge in [-0.1, -0.05) is 124 Å². The topological polar surface area (TPSA) is 80.9 Å². The van der Waals surface area contributed by atoms with Crippen LogP contribution in [0.25, 0.3) is 0 Å². The van der Waals surface area contributed by atoms with Gasteiger partial charge in [0.2, 0.25) is 0 Å². The molecule has 2 aromatic carbocycles. The molecule has 0 amide bonds. The van der Waals surface area contributed by atoms with Crippen LogP contribution in [0, 0.1) is 13.8 Å². The van der Waals surface area contributed by atoms with Crippen LogP contribution in [0.2, 0.25) is 64.5 Å². The normalized spacial score (nSPS) is 11.8. The van der Waals surface area contributed by atoms with Crippen LogP contribution in [-0.4, -0.2) is 52.5 Å². The van der Waals surface area contributed by atoms with Gasteiger partial charge in [-0.25, -0.2) is 0 Å². The summed E-state index contributed by atoms with van der Waals surface area (Å²) in [5.41, 5.74) is 2.49. The second-order valence-corrected chi connectivity index (χ2v) is 28.2.